The molecule has 5 heteroatoms. The van der Waals surface area contributed by atoms with Gasteiger partial charge in [0.25, 0.3) is 0 Å². The molecule has 0 saturated carbocycles. The summed E-state index contributed by atoms with van der Waals surface area (Å²) in [5.41, 5.74) is 7.22. The van der Waals surface area contributed by atoms with Crippen LogP contribution in [0.1, 0.15) is 12.5 Å². The van der Waals surface area contributed by atoms with Gasteiger partial charge in [-0.05, 0) is 19.1 Å². The van der Waals surface area contributed by atoms with E-state index in [1.54, 1.807) is 0 Å². The fourth-order valence-corrected chi connectivity index (χ4v) is 1.42. The average Bonchev–Trinajstić information content (AvgIpc) is 2.26. The second-order valence-electron chi connectivity index (χ2n) is 3.55. The number of hydrazine groups is 1. The zero-order valence-corrected chi connectivity index (χ0v) is 9.11. The van der Waals surface area contributed by atoms with Crippen molar-refractivity contribution in [2.75, 3.05) is 5.43 Å². The fraction of sp³-hybridized carbons (Fsp3) is 0.182. The summed E-state index contributed by atoms with van der Waals surface area (Å²) in [7, 11) is 0. The van der Waals surface area contributed by atoms with Crippen molar-refractivity contribution in [3.05, 3.63) is 30.1 Å². The molecule has 0 saturated heterocycles. The largest absolute Gasteiger partial charge is 0.281 e. The van der Waals surface area contributed by atoms with Gasteiger partial charge in [-0.1, -0.05) is 11.6 Å². The van der Waals surface area contributed by atoms with Crippen molar-refractivity contribution in [3.63, 3.8) is 0 Å². The number of rotatable bonds is 2. The normalized spacial score (nSPS) is 10.1. The fourth-order valence-electron chi connectivity index (χ4n) is 1.42. The second kappa shape index (κ2) is 4.14. The zero-order chi connectivity index (χ0) is 11.5. The monoisotopic (exact) mass is 216 g/mol. The van der Waals surface area contributed by atoms with Crippen LogP contribution in [0.25, 0.3) is 10.9 Å². The van der Waals surface area contributed by atoms with E-state index >= 15 is 0 Å². The average molecular weight is 216 g/mol. The SMILES string of the molecule is CC(=O)NNc1ncnc2ccc(C)cc12. The van der Waals surface area contributed by atoms with Crippen LogP contribution in [-0.2, 0) is 4.79 Å². The first kappa shape index (κ1) is 10.4. The topological polar surface area (TPSA) is 66.9 Å². The summed E-state index contributed by atoms with van der Waals surface area (Å²) in [4.78, 5) is 19.0. The van der Waals surface area contributed by atoms with Gasteiger partial charge in [-0.2, -0.15) is 0 Å². The Morgan fingerprint density at radius 3 is 2.88 bits per heavy atom. The van der Waals surface area contributed by atoms with Crippen LogP contribution < -0.4 is 10.9 Å². The summed E-state index contributed by atoms with van der Waals surface area (Å²) in [6, 6.07) is 5.88. The van der Waals surface area contributed by atoms with Crippen molar-refractivity contribution in [1.82, 2.24) is 15.4 Å². The molecule has 5 nitrogen and oxygen atoms in total. The van der Waals surface area contributed by atoms with Crippen molar-refractivity contribution in [1.29, 1.82) is 0 Å². The molecule has 0 unspecified atom stereocenters. The lowest BCUT2D eigenvalue weighted by Gasteiger charge is -2.08. The Balaban J connectivity index is 2.43. The van der Waals surface area contributed by atoms with Crippen LogP contribution in [0.2, 0.25) is 0 Å². The van der Waals surface area contributed by atoms with E-state index in [0.717, 1.165) is 16.5 Å². The summed E-state index contributed by atoms with van der Waals surface area (Å²) in [6.45, 7) is 3.43. The lowest BCUT2D eigenvalue weighted by Crippen LogP contribution is -2.27. The van der Waals surface area contributed by atoms with Crippen LogP contribution in [0, 0.1) is 6.92 Å². The Morgan fingerprint density at radius 1 is 1.31 bits per heavy atom. The Kier molecular flexibility index (Phi) is 2.68. The van der Waals surface area contributed by atoms with E-state index < -0.39 is 0 Å². The summed E-state index contributed by atoms with van der Waals surface area (Å²) in [5, 5.41) is 0.885. The maximum absolute atomic E-state index is 10.8. The number of carbonyl (C=O) groups excluding carboxylic acids is 1. The van der Waals surface area contributed by atoms with Gasteiger partial charge in [0.2, 0.25) is 5.91 Å². The quantitative estimate of drug-likeness (QED) is 0.745. The molecule has 0 spiro atoms. The van der Waals surface area contributed by atoms with Crippen LogP contribution in [0.15, 0.2) is 24.5 Å². The maximum atomic E-state index is 10.8. The number of carbonyl (C=O) groups is 1. The lowest BCUT2D eigenvalue weighted by molar-refractivity contribution is -0.118. The third-order valence-electron chi connectivity index (χ3n) is 2.15. The lowest BCUT2D eigenvalue weighted by atomic mass is 10.1. The Bertz CT molecular complexity index is 538. The number of fused-ring (bicyclic) bond motifs is 1. The number of aromatic nitrogens is 2. The van der Waals surface area contributed by atoms with Crippen LogP contribution >= 0.6 is 0 Å². The van der Waals surface area contributed by atoms with Gasteiger partial charge in [0.1, 0.15) is 6.33 Å². The first-order valence-electron chi connectivity index (χ1n) is 4.91. The highest BCUT2D eigenvalue weighted by molar-refractivity contribution is 5.90. The van der Waals surface area contributed by atoms with Crippen molar-refractivity contribution >= 4 is 22.6 Å². The molecule has 0 radical (unpaired) electrons. The van der Waals surface area contributed by atoms with Gasteiger partial charge >= 0.3 is 0 Å². The highest BCUT2D eigenvalue weighted by Gasteiger charge is 2.03. The maximum Gasteiger partial charge on any atom is 0.235 e. The molecule has 1 heterocycles. The van der Waals surface area contributed by atoms with Crippen LogP contribution in [0.4, 0.5) is 5.82 Å². The number of hydrogen-bond acceptors (Lipinski definition) is 4. The number of benzene rings is 1. The molecular formula is C11H12N4O. The molecule has 1 aromatic carbocycles. The number of anilines is 1. The number of amides is 1. The minimum atomic E-state index is -0.167. The third-order valence-corrected chi connectivity index (χ3v) is 2.15. The van der Waals surface area contributed by atoms with E-state index in [0.29, 0.717) is 5.82 Å². The van der Waals surface area contributed by atoms with Gasteiger partial charge in [-0.15, -0.1) is 0 Å². The van der Waals surface area contributed by atoms with Crippen LogP contribution in [-0.4, -0.2) is 15.9 Å². The van der Waals surface area contributed by atoms with E-state index in [-0.39, 0.29) is 5.91 Å². The zero-order valence-electron chi connectivity index (χ0n) is 9.11. The molecule has 1 aromatic heterocycles. The molecule has 0 aliphatic rings. The summed E-state index contributed by atoms with van der Waals surface area (Å²) in [5.74, 6) is 0.434. The minimum absolute atomic E-state index is 0.167. The molecular weight excluding hydrogens is 204 g/mol. The molecule has 16 heavy (non-hydrogen) atoms. The molecule has 0 fully saturated rings. The molecule has 0 aliphatic heterocycles. The first-order chi connectivity index (χ1) is 7.66. The van der Waals surface area contributed by atoms with E-state index in [2.05, 4.69) is 20.8 Å². The van der Waals surface area contributed by atoms with E-state index in [9.17, 15) is 4.79 Å². The molecule has 0 atom stereocenters. The third kappa shape index (κ3) is 2.08. The number of aryl methyl sites for hydroxylation is 1. The highest BCUT2D eigenvalue weighted by Crippen LogP contribution is 2.19. The number of nitrogens with one attached hydrogen (secondary N) is 2. The summed E-state index contributed by atoms with van der Waals surface area (Å²) >= 11 is 0. The molecule has 0 aliphatic carbocycles. The first-order valence-corrected chi connectivity index (χ1v) is 4.91. The van der Waals surface area contributed by atoms with Crippen molar-refractivity contribution < 1.29 is 4.79 Å². The van der Waals surface area contributed by atoms with Crippen molar-refractivity contribution in [3.8, 4) is 0 Å². The highest BCUT2D eigenvalue weighted by atomic mass is 16.2. The number of hydrogen-bond donors (Lipinski definition) is 2. The predicted molar refractivity (Wildman–Crippen MR) is 61.7 cm³/mol. The van der Waals surface area contributed by atoms with E-state index in [1.807, 2.05) is 25.1 Å². The van der Waals surface area contributed by atoms with Gasteiger partial charge in [0.15, 0.2) is 5.82 Å². The summed E-state index contributed by atoms with van der Waals surface area (Å²) < 4.78 is 0. The Labute approximate surface area is 92.9 Å². The van der Waals surface area contributed by atoms with Gasteiger partial charge < -0.3 is 0 Å². The minimum Gasteiger partial charge on any atom is -0.281 e. The van der Waals surface area contributed by atoms with Crippen molar-refractivity contribution in [2.45, 2.75) is 13.8 Å². The Hall–Kier alpha value is -2.17. The molecule has 2 N–H and O–H groups in total. The predicted octanol–water partition coefficient (Wildman–Crippen LogP) is 1.40. The van der Waals surface area contributed by atoms with Gasteiger partial charge in [0, 0.05) is 12.3 Å². The smallest absolute Gasteiger partial charge is 0.235 e. The standard InChI is InChI=1S/C11H12N4O/c1-7-3-4-10-9(5-7)11(13-6-12-10)15-14-8(2)16/h3-6H,1-2H3,(H,14,16)(H,12,13,15). The number of nitrogens with zero attached hydrogens (tertiary/aromatic N) is 2. The van der Waals surface area contributed by atoms with Gasteiger partial charge in [-0.25, -0.2) is 9.97 Å². The van der Waals surface area contributed by atoms with Gasteiger partial charge in [-0.3, -0.25) is 15.6 Å². The molecule has 1 amide bonds. The Morgan fingerprint density at radius 2 is 2.12 bits per heavy atom. The second-order valence-corrected chi connectivity index (χ2v) is 3.55. The van der Waals surface area contributed by atoms with E-state index in [1.165, 1.54) is 13.3 Å². The van der Waals surface area contributed by atoms with Crippen LogP contribution in [0.5, 0.6) is 0 Å². The van der Waals surface area contributed by atoms with Crippen molar-refractivity contribution in [2.24, 2.45) is 0 Å². The molecule has 2 rings (SSSR count). The van der Waals surface area contributed by atoms with Crippen LogP contribution in [0.3, 0.4) is 0 Å². The molecule has 82 valence electrons. The molecule has 0 bridgehead atoms. The molecule has 2 aromatic rings. The summed E-state index contributed by atoms with van der Waals surface area (Å²) in [6.07, 6.45) is 1.46. The van der Waals surface area contributed by atoms with Gasteiger partial charge in [0.05, 0.1) is 5.52 Å². The van der Waals surface area contributed by atoms with E-state index in [4.69, 9.17) is 0 Å².